The van der Waals surface area contributed by atoms with Crippen molar-refractivity contribution in [2.75, 3.05) is 31.5 Å². The molecule has 148 valence electrons. The average molecular weight is 408 g/mol. The van der Waals surface area contributed by atoms with Crippen LogP contribution in [-0.2, 0) is 11.3 Å². The molecule has 29 heavy (non-hydrogen) atoms. The van der Waals surface area contributed by atoms with E-state index in [1.807, 2.05) is 19.1 Å². The smallest absolute Gasteiger partial charge is 0.282 e. The van der Waals surface area contributed by atoms with E-state index in [9.17, 15) is 10.1 Å². The number of carbonyl (C=O) groups is 1. The molecule has 3 N–H and O–H groups in total. The Bertz CT molecular complexity index is 1020. The summed E-state index contributed by atoms with van der Waals surface area (Å²) in [6, 6.07) is 17.4. The van der Waals surface area contributed by atoms with Crippen molar-refractivity contribution in [1.82, 2.24) is 4.98 Å². The minimum Gasteiger partial charge on any atom is -0.320 e. The molecule has 0 bridgehead atoms. The number of rotatable bonds is 5. The lowest BCUT2D eigenvalue weighted by Gasteiger charge is -2.32. The van der Waals surface area contributed by atoms with Gasteiger partial charge in [0.1, 0.15) is 43.8 Å². The van der Waals surface area contributed by atoms with Crippen molar-refractivity contribution in [3.8, 4) is 6.07 Å². The van der Waals surface area contributed by atoms with Crippen LogP contribution in [0.15, 0.2) is 48.5 Å². The summed E-state index contributed by atoms with van der Waals surface area (Å²) in [5.41, 5.74) is 2.17. The van der Waals surface area contributed by atoms with Gasteiger partial charge in [-0.2, -0.15) is 5.26 Å². The van der Waals surface area contributed by atoms with Gasteiger partial charge in [0.05, 0.1) is 21.5 Å². The van der Waals surface area contributed by atoms with Crippen LogP contribution in [0.25, 0.3) is 10.2 Å². The summed E-state index contributed by atoms with van der Waals surface area (Å²) >= 11 is 1.78. The van der Waals surface area contributed by atoms with Crippen molar-refractivity contribution < 1.29 is 14.6 Å². The molecule has 1 aliphatic rings. The summed E-state index contributed by atoms with van der Waals surface area (Å²) in [5, 5.41) is 13.3. The molecule has 1 amide bonds. The second-order valence-electron chi connectivity index (χ2n) is 7.53. The molecule has 1 fully saturated rings. The van der Waals surface area contributed by atoms with Crippen LogP contribution < -0.4 is 15.1 Å². The number of carbonyl (C=O) groups excluding carboxylic acids is 1. The van der Waals surface area contributed by atoms with Gasteiger partial charge in [0, 0.05) is 0 Å². The second kappa shape index (κ2) is 8.70. The van der Waals surface area contributed by atoms with Gasteiger partial charge in [0.2, 0.25) is 0 Å². The van der Waals surface area contributed by atoms with E-state index in [1.54, 1.807) is 29.5 Å². The molecule has 7 heteroatoms. The highest BCUT2D eigenvalue weighted by molar-refractivity contribution is 7.18. The maximum absolute atomic E-state index is 12.7. The van der Waals surface area contributed by atoms with Crippen LogP contribution >= 0.6 is 11.3 Å². The quantitative estimate of drug-likeness (QED) is 0.576. The highest BCUT2D eigenvalue weighted by Gasteiger charge is 2.31. The molecule has 1 aliphatic heterocycles. The zero-order valence-electron chi connectivity index (χ0n) is 16.4. The van der Waals surface area contributed by atoms with Crippen molar-refractivity contribution in [2.24, 2.45) is 0 Å². The third-order valence-corrected chi connectivity index (χ3v) is 6.69. The number of hydrogen-bond acceptors (Lipinski definition) is 4. The number of piperazine rings is 1. The van der Waals surface area contributed by atoms with E-state index in [1.165, 1.54) is 19.5 Å². The van der Waals surface area contributed by atoms with Crippen molar-refractivity contribution in [2.45, 2.75) is 19.5 Å². The Kier molecular flexibility index (Phi) is 5.86. The summed E-state index contributed by atoms with van der Waals surface area (Å²) < 4.78 is 1.24. The lowest BCUT2D eigenvalue weighted by molar-refractivity contribution is -1.02. The number of hydrogen-bond donors (Lipinski definition) is 3. The predicted molar refractivity (Wildman–Crippen MR) is 114 cm³/mol. The molecule has 0 saturated carbocycles. The molecule has 0 aliphatic carbocycles. The van der Waals surface area contributed by atoms with E-state index in [0.29, 0.717) is 11.3 Å². The van der Waals surface area contributed by atoms with Gasteiger partial charge >= 0.3 is 0 Å². The van der Waals surface area contributed by atoms with Gasteiger partial charge in [-0.1, -0.05) is 24.3 Å². The fourth-order valence-electron chi connectivity index (χ4n) is 3.86. The van der Waals surface area contributed by atoms with Crippen LogP contribution in [0.5, 0.6) is 0 Å². The molecule has 6 nitrogen and oxygen atoms in total. The highest BCUT2D eigenvalue weighted by Crippen LogP contribution is 2.20. The number of nitrogens with zero attached hydrogens (tertiary/aromatic N) is 2. The summed E-state index contributed by atoms with van der Waals surface area (Å²) in [6.07, 6.45) is 0. The number of nitrogens with one attached hydrogen (secondary N) is 3. The molecular formula is C22H25N5OS+2. The molecule has 4 rings (SSSR count). The Morgan fingerprint density at radius 1 is 1.17 bits per heavy atom. The van der Waals surface area contributed by atoms with Gasteiger partial charge in [-0.15, -0.1) is 11.3 Å². The first-order valence-electron chi connectivity index (χ1n) is 9.96. The number of fused-ring (bicyclic) bond motifs is 1. The van der Waals surface area contributed by atoms with E-state index in [2.05, 4.69) is 29.6 Å². The van der Waals surface area contributed by atoms with Crippen LogP contribution in [0.1, 0.15) is 17.5 Å². The molecular weight excluding hydrogens is 382 g/mol. The molecule has 1 saturated heterocycles. The Morgan fingerprint density at radius 2 is 1.90 bits per heavy atom. The predicted octanol–water partition coefficient (Wildman–Crippen LogP) is 0.479. The third-order valence-electron chi connectivity index (χ3n) is 5.65. The van der Waals surface area contributed by atoms with Crippen LogP contribution in [0.3, 0.4) is 0 Å². The molecule has 0 spiro atoms. The molecule has 2 aromatic carbocycles. The monoisotopic (exact) mass is 407 g/mol. The lowest BCUT2D eigenvalue weighted by atomic mass is 10.1. The first-order valence-corrected chi connectivity index (χ1v) is 10.8. The summed E-state index contributed by atoms with van der Waals surface area (Å²) in [7, 11) is 0. The van der Waals surface area contributed by atoms with Crippen molar-refractivity contribution >= 4 is 33.1 Å². The fraction of sp³-hybridized carbons (Fsp3) is 0.318. The number of amides is 1. The van der Waals surface area contributed by atoms with Crippen LogP contribution in [0.2, 0.25) is 0 Å². The lowest BCUT2D eigenvalue weighted by Crippen LogP contribution is -3.29. The number of aromatic nitrogens is 1. The van der Waals surface area contributed by atoms with E-state index >= 15 is 0 Å². The standard InChI is InChI=1S/C22H23N5OS/c1-16(22(28)25-18-7-3-2-6-17(18)14-23)27-12-10-26(11-13-27)15-21-24-19-8-4-5-9-20(19)29-21/h2-9,16H,10-13,15H2,1H3,(H,25,28)/p+2/t16-/m1/s1. The summed E-state index contributed by atoms with van der Waals surface area (Å²) in [4.78, 5) is 20.3. The Morgan fingerprint density at radius 3 is 2.66 bits per heavy atom. The number of benzene rings is 2. The number of para-hydroxylation sites is 2. The first kappa shape index (κ1) is 19.5. The molecule has 1 atom stereocenters. The summed E-state index contributed by atoms with van der Waals surface area (Å²) in [5.74, 6) is -0.0303. The number of thiazole rings is 1. The van der Waals surface area contributed by atoms with Gasteiger partial charge in [-0.25, -0.2) is 4.98 Å². The van der Waals surface area contributed by atoms with Crippen LogP contribution in [0, 0.1) is 11.3 Å². The first-order chi connectivity index (χ1) is 14.1. The van der Waals surface area contributed by atoms with Gasteiger partial charge in [-0.05, 0) is 31.2 Å². The molecule has 3 aromatic rings. The van der Waals surface area contributed by atoms with Crippen LogP contribution in [0.4, 0.5) is 5.69 Å². The van der Waals surface area contributed by atoms with Crippen molar-refractivity contribution in [3.05, 3.63) is 59.1 Å². The highest BCUT2D eigenvalue weighted by atomic mass is 32.1. The van der Waals surface area contributed by atoms with E-state index in [-0.39, 0.29) is 11.9 Å². The maximum Gasteiger partial charge on any atom is 0.282 e. The molecule has 0 radical (unpaired) electrons. The number of quaternary nitrogens is 2. The van der Waals surface area contributed by atoms with Crippen molar-refractivity contribution in [3.63, 3.8) is 0 Å². The largest absolute Gasteiger partial charge is 0.320 e. The topological polar surface area (TPSA) is 74.7 Å². The minimum absolute atomic E-state index is 0.0303. The Hall–Kier alpha value is -2.79. The molecule has 1 aromatic heterocycles. The normalized spacial score (nSPS) is 20.1. The third kappa shape index (κ3) is 4.46. The van der Waals surface area contributed by atoms with Gasteiger partial charge < -0.3 is 15.1 Å². The SMILES string of the molecule is C[C@H](C(=O)Nc1ccccc1C#N)[NH+]1CC[NH+](Cc2nc3ccccc3s2)CC1. The van der Waals surface area contributed by atoms with Gasteiger partial charge in [0.15, 0.2) is 6.04 Å². The van der Waals surface area contributed by atoms with Gasteiger partial charge in [-0.3, -0.25) is 4.79 Å². The second-order valence-corrected chi connectivity index (χ2v) is 8.64. The Labute approximate surface area is 174 Å². The maximum atomic E-state index is 12.7. The number of anilines is 1. The zero-order valence-corrected chi connectivity index (χ0v) is 17.3. The van der Waals surface area contributed by atoms with E-state index < -0.39 is 0 Å². The minimum atomic E-state index is -0.147. The summed E-state index contributed by atoms with van der Waals surface area (Å²) in [6.45, 7) is 6.87. The molecule has 0 unspecified atom stereocenters. The van der Waals surface area contributed by atoms with E-state index in [4.69, 9.17) is 4.98 Å². The zero-order chi connectivity index (χ0) is 20.2. The molecule has 2 heterocycles. The van der Waals surface area contributed by atoms with E-state index in [0.717, 1.165) is 38.2 Å². The fourth-order valence-corrected chi connectivity index (χ4v) is 4.90. The van der Waals surface area contributed by atoms with Crippen molar-refractivity contribution in [1.29, 1.82) is 5.26 Å². The van der Waals surface area contributed by atoms with Gasteiger partial charge in [0.25, 0.3) is 5.91 Å². The Balaban J connectivity index is 1.31. The van der Waals surface area contributed by atoms with Crippen LogP contribution in [-0.4, -0.2) is 43.1 Å². The number of nitriles is 1. The average Bonchev–Trinajstić information content (AvgIpc) is 3.16.